The van der Waals surface area contributed by atoms with Crippen LogP contribution in [-0.2, 0) is 9.47 Å². The Morgan fingerprint density at radius 3 is 2.25 bits per heavy atom. The molecule has 2 aliphatic heterocycles. The average molecular weight is 375 g/mol. The molecule has 0 saturated carbocycles. The van der Waals surface area contributed by atoms with E-state index in [2.05, 4.69) is 24.3 Å². The van der Waals surface area contributed by atoms with Crippen LogP contribution in [0, 0.1) is 0 Å². The molecule has 0 amide bonds. The van der Waals surface area contributed by atoms with Crippen molar-refractivity contribution in [3.8, 4) is 0 Å². The average Bonchev–Trinajstić information content (AvgIpc) is 3.20. The van der Waals surface area contributed by atoms with Gasteiger partial charge in [-0.15, -0.1) is 0 Å². The summed E-state index contributed by atoms with van der Waals surface area (Å²) in [6, 6.07) is 20.6. The highest BCUT2D eigenvalue weighted by molar-refractivity contribution is 6.07. The number of aliphatic imine (C=N–C) groups is 1. The predicted molar refractivity (Wildman–Crippen MR) is 113 cm³/mol. The molecule has 4 heteroatoms. The summed E-state index contributed by atoms with van der Waals surface area (Å²) in [7, 11) is 0. The molecular weight excluding hydrogens is 348 g/mol. The molecular formula is C24H27N2O2. The fourth-order valence-electron chi connectivity index (χ4n) is 3.54. The van der Waals surface area contributed by atoms with Crippen LogP contribution in [-0.4, -0.2) is 25.3 Å². The highest BCUT2D eigenvalue weighted by atomic mass is 16.7. The molecule has 0 aliphatic carbocycles. The highest BCUT2D eigenvalue weighted by Crippen LogP contribution is 2.31. The smallest absolute Gasteiger partial charge is 0.157 e. The van der Waals surface area contributed by atoms with Crippen LogP contribution in [0.15, 0.2) is 65.7 Å². The Kier molecular flexibility index (Phi) is 6.53. The third-order valence-electron chi connectivity index (χ3n) is 5.04. The van der Waals surface area contributed by atoms with Gasteiger partial charge in [0.05, 0.1) is 11.4 Å². The van der Waals surface area contributed by atoms with E-state index in [4.69, 9.17) is 19.8 Å². The summed E-state index contributed by atoms with van der Waals surface area (Å²) >= 11 is 0. The SMILES string of the molecule is c1ccc(C2=C(c3ccccc3)N=C(CCCCOC3CCCCO3)[N]2)cc1. The first-order valence-electron chi connectivity index (χ1n) is 10.3. The van der Waals surface area contributed by atoms with Crippen molar-refractivity contribution < 1.29 is 9.47 Å². The second kappa shape index (κ2) is 9.67. The van der Waals surface area contributed by atoms with Crippen LogP contribution in [0.1, 0.15) is 49.7 Å². The molecule has 0 spiro atoms. The summed E-state index contributed by atoms with van der Waals surface area (Å²) < 4.78 is 11.4. The molecule has 0 aromatic heterocycles. The second-order valence-corrected chi connectivity index (χ2v) is 7.19. The molecule has 1 radical (unpaired) electrons. The van der Waals surface area contributed by atoms with E-state index in [0.29, 0.717) is 0 Å². The van der Waals surface area contributed by atoms with Gasteiger partial charge >= 0.3 is 0 Å². The van der Waals surface area contributed by atoms with E-state index in [1.807, 2.05) is 36.4 Å². The topological polar surface area (TPSA) is 44.9 Å². The lowest BCUT2D eigenvalue weighted by atomic mass is 10.1. The molecule has 1 saturated heterocycles. The fraction of sp³-hybridized carbons (Fsp3) is 0.375. The van der Waals surface area contributed by atoms with Crippen LogP contribution in [0.2, 0.25) is 0 Å². The summed E-state index contributed by atoms with van der Waals surface area (Å²) in [6.07, 6.45) is 6.25. The molecule has 2 aromatic rings. The molecule has 1 fully saturated rings. The van der Waals surface area contributed by atoms with Crippen LogP contribution in [0.5, 0.6) is 0 Å². The summed E-state index contributed by atoms with van der Waals surface area (Å²) in [6.45, 7) is 1.57. The maximum absolute atomic E-state index is 5.83. The maximum atomic E-state index is 5.83. The van der Waals surface area contributed by atoms with Gasteiger partial charge in [0.1, 0.15) is 5.84 Å². The van der Waals surface area contributed by atoms with Crippen LogP contribution in [0.25, 0.3) is 11.4 Å². The van der Waals surface area contributed by atoms with Gasteiger partial charge in [0, 0.05) is 30.8 Å². The van der Waals surface area contributed by atoms with Crippen molar-refractivity contribution in [2.24, 2.45) is 4.99 Å². The first kappa shape index (κ1) is 18.9. The first-order valence-corrected chi connectivity index (χ1v) is 10.3. The highest BCUT2D eigenvalue weighted by Gasteiger charge is 2.21. The van der Waals surface area contributed by atoms with Gasteiger partial charge in [0.25, 0.3) is 0 Å². The van der Waals surface area contributed by atoms with E-state index < -0.39 is 0 Å². The lowest BCUT2D eigenvalue weighted by Crippen LogP contribution is -2.22. The zero-order valence-corrected chi connectivity index (χ0v) is 16.2. The van der Waals surface area contributed by atoms with E-state index in [1.165, 1.54) is 6.42 Å². The van der Waals surface area contributed by atoms with Crippen LogP contribution in [0.3, 0.4) is 0 Å². The molecule has 2 aromatic carbocycles. The van der Waals surface area contributed by atoms with Crippen molar-refractivity contribution in [2.75, 3.05) is 13.2 Å². The molecule has 0 N–H and O–H groups in total. The van der Waals surface area contributed by atoms with Crippen molar-refractivity contribution in [3.05, 3.63) is 71.8 Å². The Bertz CT molecular complexity index is 809. The van der Waals surface area contributed by atoms with Gasteiger partial charge in [-0.1, -0.05) is 60.7 Å². The molecule has 28 heavy (non-hydrogen) atoms. The number of hydrogen-bond donors (Lipinski definition) is 0. The largest absolute Gasteiger partial charge is 0.353 e. The lowest BCUT2D eigenvalue weighted by molar-refractivity contribution is -0.162. The number of benzene rings is 2. The summed E-state index contributed by atoms with van der Waals surface area (Å²) in [5.41, 5.74) is 4.15. The zero-order valence-electron chi connectivity index (χ0n) is 16.2. The van der Waals surface area contributed by atoms with Crippen LogP contribution < -0.4 is 5.32 Å². The predicted octanol–water partition coefficient (Wildman–Crippen LogP) is 5.24. The van der Waals surface area contributed by atoms with E-state index in [9.17, 15) is 0 Å². The quantitative estimate of drug-likeness (QED) is 0.592. The number of rotatable bonds is 8. The van der Waals surface area contributed by atoms with Gasteiger partial charge in [0.2, 0.25) is 0 Å². The number of hydrogen-bond acceptors (Lipinski definition) is 3. The van der Waals surface area contributed by atoms with E-state index in [1.54, 1.807) is 0 Å². The molecule has 145 valence electrons. The lowest BCUT2D eigenvalue weighted by Gasteiger charge is -2.22. The molecule has 2 aliphatic rings. The van der Waals surface area contributed by atoms with Gasteiger partial charge in [-0.25, -0.2) is 10.3 Å². The van der Waals surface area contributed by atoms with Crippen LogP contribution in [0.4, 0.5) is 0 Å². The Balaban J connectivity index is 1.34. The maximum Gasteiger partial charge on any atom is 0.157 e. The molecule has 2 heterocycles. The van der Waals surface area contributed by atoms with E-state index >= 15 is 0 Å². The number of unbranched alkanes of at least 4 members (excludes halogenated alkanes) is 1. The second-order valence-electron chi connectivity index (χ2n) is 7.19. The Morgan fingerprint density at radius 1 is 0.857 bits per heavy atom. The minimum atomic E-state index is -0.00158. The summed E-state index contributed by atoms with van der Waals surface area (Å²) in [5, 5.41) is 4.87. The molecule has 1 atom stereocenters. The summed E-state index contributed by atoms with van der Waals surface area (Å²) in [5.74, 6) is 0.909. The molecule has 4 rings (SSSR count). The fourth-order valence-corrected chi connectivity index (χ4v) is 3.54. The number of amidine groups is 1. The minimum Gasteiger partial charge on any atom is -0.353 e. The minimum absolute atomic E-state index is 0.00158. The van der Waals surface area contributed by atoms with Gasteiger partial charge in [-0.3, -0.25) is 0 Å². The molecule has 0 bridgehead atoms. The number of nitrogens with zero attached hydrogens (tertiary/aromatic N) is 2. The molecule has 1 unspecified atom stereocenters. The van der Waals surface area contributed by atoms with Gasteiger partial charge in [0.15, 0.2) is 6.29 Å². The van der Waals surface area contributed by atoms with Crippen molar-refractivity contribution in [1.29, 1.82) is 0 Å². The Morgan fingerprint density at radius 2 is 1.57 bits per heavy atom. The third kappa shape index (κ3) is 4.89. The normalized spacial score (nSPS) is 19.4. The van der Waals surface area contributed by atoms with E-state index in [0.717, 1.165) is 73.7 Å². The third-order valence-corrected chi connectivity index (χ3v) is 5.04. The Hall–Kier alpha value is -2.43. The zero-order chi connectivity index (χ0) is 19.0. The monoisotopic (exact) mass is 375 g/mol. The standard InChI is InChI=1S/C24H27N2O2/c1-3-11-19(12-4-1)23-24(20-13-5-2-6-14-20)26-21(25-23)15-7-9-17-27-22-16-8-10-18-28-22/h1-6,11-14,22H,7-10,15-18H2. The van der Waals surface area contributed by atoms with Crippen molar-refractivity contribution in [2.45, 2.75) is 44.8 Å². The van der Waals surface area contributed by atoms with Gasteiger partial charge in [-0.2, -0.15) is 0 Å². The molecule has 4 nitrogen and oxygen atoms in total. The first-order chi connectivity index (χ1) is 13.9. The van der Waals surface area contributed by atoms with Crippen molar-refractivity contribution >= 4 is 17.2 Å². The van der Waals surface area contributed by atoms with E-state index in [-0.39, 0.29) is 6.29 Å². The summed E-state index contributed by atoms with van der Waals surface area (Å²) in [4.78, 5) is 4.87. The van der Waals surface area contributed by atoms with Gasteiger partial charge in [-0.05, 0) is 32.1 Å². The van der Waals surface area contributed by atoms with Crippen molar-refractivity contribution in [3.63, 3.8) is 0 Å². The van der Waals surface area contributed by atoms with Crippen LogP contribution >= 0.6 is 0 Å². The van der Waals surface area contributed by atoms with Crippen molar-refractivity contribution in [1.82, 2.24) is 5.32 Å². The number of ether oxygens (including phenoxy) is 2. The Labute approximate surface area is 167 Å². The van der Waals surface area contributed by atoms with Gasteiger partial charge < -0.3 is 9.47 Å².